The van der Waals surface area contributed by atoms with Crippen LogP contribution in [0.1, 0.15) is 29.9 Å². The molecule has 1 unspecified atom stereocenters. The zero-order valence-electron chi connectivity index (χ0n) is 13.3. The van der Waals surface area contributed by atoms with Crippen LogP contribution in [0.2, 0.25) is 0 Å². The first-order valence-corrected chi connectivity index (χ1v) is 7.24. The lowest BCUT2D eigenvalue weighted by Crippen LogP contribution is -2.11. The molecule has 0 aliphatic carbocycles. The molecule has 0 N–H and O–H groups in total. The molecule has 3 rings (SSSR count). The molecule has 0 saturated heterocycles. The molecule has 8 heteroatoms. The second-order valence-corrected chi connectivity index (χ2v) is 5.40. The van der Waals surface area contributed by atoms with Crippen LogP contribution in [0.25, 0.3) is 11.0 Å². The minimum Gasteiger partial charge on any atom is -0.480 e. The maximum atomic E-state index is 12.7. The van der Waals surface area contributed by atoms with Crippen molar-refractivity contribution in [2.24, 2.45) is 0 Å². The van der Waals surface area contributed by atoms with Gasteiger partial charge < -0.3 is 4.74 Å². The number of benzene rings is 1. The standard InChI is InChI=1S/C16H15F3N4O/c1-9(11-4-6-12(7-5-11)16(17,18)19)23-14-13(8-20-23)15(24-3)22-10(2)21-14/h4-9H,1-3H3. The monoisotopic (exact) mass is 336 g/mol. The van der Waals surface area contributed by atoms with Gasteiger partial charge in [-0.2, -0.15) is 23.3 Å². The summed E-state index contributed by atoms with van der Waals surface area (Å²) >= 11 is 0. The number of hydrogen-bond acceptors (Lipinski definition) is 4. The number of fused-ring (bicyclic) bond motifs is 1. The quantitative estimate of drug-likeness (QED) is 0.730. The van der Waals surface area contributed by atoms with Crippen molar-refractivity contribution in [3.63, 3.8) is 0 Å². The minimum absolute atomic E-state index is 0.288. The number of halogens is 3. The number of nitrogens with zero attached hydrogens (tertiary/aromatic N) is 4. The molecule has 2 aromatic heterocycles. The Balaban J connectivity index is 2.03. The van der Waals surface area contributed by atoms with Crippen LogP contribution in [-0.4, -0.2) is 26.9 Å². The predicted molar refractivity (Wildman–Crippen MR) is 81.9 cm³/mol. The normalized spacial score (nSPS) is 13.2. The summed E-state index contributed by atoms with van der Waals surface area (Å²) in [5.41, 5.74) is 0.596. The lowest BCUT2D eigenvalue weighted by Gasteiger charge is -2.15. The molecule has 0 aliphatic heterocycles. The van der Waals surface area contributed by atoms with Gasteiger partial charge in [-0.15, -0.1) is 0 Å². The Bertz CT molecular complexity index is 871. The van der Waals surface area contributed by atoms with Gasteiger partial charge in [0.15, 0.2) is 5.65 Å². The van der Waals surface area contributed by atoms with Gasteiger partial charge in [-0.1, -0.05) is 12.1 Å². The van der Waals surface area contributed by atoms with Crippen molar-refractivity contribution in [3.05, 3.63) is 47.4 Å². The van der Waals surface area contributed by atoms with Gasteiger partial charge in [-0.25, -0.2) is 9.67 Å². The summed E-state index contributed by atoms with van der Waals surface area (Å²) in [5, 5.41) is 4.96. The Kier molecular flexibility index (Phi) is 3.90. The number of aromatic nitrogens is 4. The summed E-state index contributed by atoms with van der Waals surface area (Å²) in [7, 11) is 1.51. The summed E-state index contributed by atoms with van der Waals surface area (Å²) < 4.78 is 44.9. The molecule has 24 heavy (non-hydrogen) atoms. The lowest BCUT2D eigenvalue weighted by molar-refractivity contribution is -0.137. The topological polar surface area (TPSA) is 52.8 Å². The summed E-state index contributed by atoms with van der Waals surface area (Å²) in [4.78, 5) is 8.57. The van der Waals surface area contributed by atoms with Crippen LogP contribution in [0.3, 0.4) is 0 Å². The Morgan fingerprint density at radius 1 is 1.12 bits per heavy atom. The van der Waals surface area contributed by atoms with E-state index in [0.717, 1.165) is 12.1 Å². The summed E-state index contributed by atoms with van der Waals surface area (Å²) in [6.45, 7) is 3.58. The van der Waals surface area contributed by atoms with Crippen LogP contribution in [0.4, 0.5) is 13.2 Å². The summed E-state index contributed by atoms with van der Waals surface area (Å²) in [6, 6.07) is 4.75. The van der Waals surface area contributed by atoms with Gasteiger partial charge in [0.05, 0.1) is 24.9 Å². The lowest BCUT2D eigenvalue weighted by atomic mass is 10.1. The molecule has 0 aliphatic rings. The third-order valence-corrected chi connectivity index (χ3v) is 3.81. The van der Waals surface area contributed by atoms with Gasteiger partial charge in [0.2, 0.25) is 5.88 Å². The molecule has 0 fully saturated rings. The first-order chi connectivity index (χ1) is 11.3. The van der Waals surface area contributed by atoms with E-state index in [-0.39, 0.29) is 6.04 Å². The van der Waals surface area contributed by atoms with Gasteiger partial charge >= 0.3 is 6.18 Å². The molecule has 1 aromatic carbocycles. The van der Waals surface area contributed by atoms with Crippen LogP contribution in [0.15, 0.2) is 30.5 Å². The van der Waals surface area contributed by atoms with Crippen molar-refractivity contribution in [2.45, 2.75) is 26.1 Å². The molecule has 126 valence electrons. The van der Waals surface area contributed by atoms with Crippen LogP contribution in [0, 0.1) is 6.92 Å². The number of ether oxygens (including phenoxy) is 1. The van der Waals surface area contributed by atoms with E-state index in [1.165, 1.54) is 19.2 Å². The maximum absolute atomic E-state index is 12.7. The van der Waals surface area contributed by atoms with E-state index in [0.29, 0.717) is 28.3 Å². The molecule has 0 saturated carbocycles. The van der Waals surface area contributed by atoms with E-state index >= 15 is 0 Å². The van der Waals surface area contributed by atoms with Gasteiger partial charge in [-0.3, -0.25) is 0 Å². The molecule has 0 spiro atoms. The highest BCUT2D eigenvalue weighted by Crippen LogP contribution is 2.31. The van der Waals surface area contributed by atoms with Crippen LogP contribution < -0.4 is 4.74 Å². The summed E-state index contributed by atoms with van der Waals surface area (Å²) in [5.74, 6) is 0.948. The Morgan fingerprint density at radius 2 is 1.79 bits per heavy atom. The molecular formula is C16H15F3N4O. The van der Waals surface area contributed by atoms with Crippen molar-refractivity contribution >= 4 is 11.0 Å². The van der Waals surface area contributed by atoms with Gasteiger partial charge in [0.1, 0.15) is 11.2 Å². The fourth-order valence-corrected chi connectivity index (χ4v) is 2.53. The highest BCUT2D eigenvalue weighted by atomic mass is 19.4. The molecule has 1 atom stereocenters. The Labute approximate surface area is 136 Å². The average Bonchev–Trinajstić information content (AvgIpc) is 2.96. The number of alkyl halides is 3. The third-order valence-electron chi connectivity index (χ3n) is 3.81. The largest absolute Gasteiger partial charge is 0.480 e. The summed E-state index contributed by atoms with van der Waals surface area (Å²) in [6.07, 6.45) is -2.76. The molecule has 0 amide bonds. The van der Waals surface area contributed by atoms with E-state index < -0.39 is 11.7 Å². The van der Waals surface area contributed by atoms with Crippen LogP contribution >= 0.6 is 0 Å². The highest BCUT2D eigenvalue weighted by Gasteiger charge is 2.30. The second kappa shape index (κ2) is 5.77. The number of hydrogen-bond donors (Lipinski definition) is 0. The zero-order chi connectivity index (χ0) is 17.5. The van der Waals surface area contributed by atoms with Crippen molar-refractivity contribution in [3.8, 4) is 5.88 Å². The van der Waals surface area contributed by atoms with Gasteiger partial charge in [0, 0.05) is 0 Å². The van der Waals surface area contributed by atoms with E-state index in [2.05, 4.69) is 15.1 Å². The first-order valence-electron chi connectivity index (χ1n) is 7.24. The molecular weight excluding hydrogens is 321 g/mol. The van der Waals surface area contributed by atoms with Gasteiger partial charge in [-0.05, 0) is 31.5 Å². The molecule has 3 aromatic rings. The zero-order valence-corrected chi connectivity index (χ0v) is 13.3. The van der Waals surface area contributed by atoms with Gasteiger partial charge in [0.25, 0.3) is 0 Å². The maximum Gasteiger partial charge on any atom is 0.416 e. The fraction of sp³-hybridized carbons (Fsp3) is 0.312. The predicted octanol–water partition coefficient (Wildman–Crippen LogP) is 3.77. The number of methoxy groups -OCH3 is 1. The smallest absolute Gasteiger partial charge is 0.416 e. The Hall–Kier alpha value is -2.64. The molecule has 0 radical (unpaired) electrons. The van der Waals surface area contributed by atoms with Crippen molar-refractivity contribution < 1.29 is 17.9 Å². The van der Waals surface area contributed by atoms with E-state index in [1.807, 2.05) is 6.92 Å². The third kappa shape index (κ3) is 2.79. The van der Waals surface area contributed by atoms with Crippen molar-refractivity contribution in [1.29, 1.82) is 0 Å². The SMILES string of the molecule is COc1nc(C)nc2c1cnn2C(C)c1ccc(C(F)(F)F)cc1. The average molecular weight is 336 g/mol. The van der Waals surface area contributed by atoms with E-state index in [4.69, 9.17) is 4.74 Å². The second-order valence-electron chi connectivity index (χ2n) is 5.40. The van der Waals surface area contributed by atoms with Crippen LogP contribution in [-0.2, 0) is 6.18 Å². The first kappa shape index (κ1) is 16.2. The Morgan fingerprint density at radius 3 is 2.38 bits per heavy atom. The van der Waals surface area contributed by atoms with Crippen molar-refractivity contribution in [2.75, 3.05) is 7.11 Å². The fourth-order valence-electron chi connectivity index (χ4n) is 2.53. The number of rotatable bonds is 3. The molecule has 5 nitrogen and oxygen atoms in total. The van der Waals surface area contributed by atoms with Crippen molar-refractivity contribution in [1.82, 2.24) is 19.7 Å². The van der Waals surface area contributed by atoms with Crippen LogP contribution in [0.5, 0.6) is 5.88 Å². The highest BCUT2D eigenvalue weighted by molar-refractivity contribution is 5.80. The van der Waals surface area contributed by atoms with E-state index in [1.54, 1.807) is 17.8 Å². The molecule has 0 bridgehead atoms. The molecule has 2 heterocycles. The van der Waals surface area contributed by atoms with E-state index in [9.17, 15) is 13.2 Å². The minimum atomic E-state index is -4.35. The number of aryl methyl sites for hydroxylation is 1.